The van der Waals surface area contributed by atoms with Crippen molar-refractivity contribution < 1.29 is 19.6 Å². The van der Waals surface area contributed by atoms with E-state index in [1.54, 1.807) is 48.1 Å². The summed E-state index contributed by atoms with van der Waals surface area (Å²) in [5.74, 6) is 0.116. The molecule has 0 radical (unpaired) electrons. The third-order valence-electron chi connectivity index (χ3n) is 5.27. The van der Waals surface area contributed by atoms with Crippen molar-refractivity contribution in [1.82, 2.24) is 14.9 Å². The van der Waals surface area contributed by atoms with Crippen molar-refractivity contribution in [3.8, 4) is 0 Å². The Morgan fingerprint density at radius 3 is 2.79 bits per heavy atom. The number of hydrogen-bond acceptors (Lipinski definition) is 5. The van der Waals surface area contributed by atoms with Crippen molar-refractivity contribution in [1.29, 1.82) is 0 Å². The summed E-state index contributed by atoms with van der Waals surface area (Å²) in [6.45, 7) is 1.10. The number of rotatable bonds is 8. The second-order valence-electron chi connectivity index (χ2n) is 7.72. The lowest BCUT2D eigenvalue weighted by Crippen LogP contribution is -2.83. The fraction of sp³-hybridized carbons (Fsp3) is 0.208. The first-order chi connectivity index (χ1) is 15.9. The molecule has 170 valence electrons. The molecule has 1 amide bonds. The van der Waals surface area contributed by atoms with E-state index in [0.717, 1.165) is 5.56 Å². The normalized spacial score (nSPS) is 12.1. The minimum absolute atomic E-state index is 0.0425. The monoisotopic (exact) mass is 467 g/mol. The standard InChI is InChI=1S/C24H23ClN4O4/c1-29-14-19(23(32)28-11-15-5-7-16(25)8-6-15)22(31)18-10-17(33-24(18)29)12-26-13-21(30)20-4-2-3-9-27-20/h2-10,14,21,26,30H,11-13H2,1H3,(H,28,32)/p+1. The second kappa shape index (κ2) is 9.99. The number of halogens is 1. The topological polar surface area (TPSA) is 114 Å². The van der Waals surface area contributed by atoms with Crippen molar-refractivity contribution in [2.24, 2.45) is 7.05 Å². The number of furan rings is 1. The summed E-state index contributed by atoms with van der Waals surface area (Å²) in [4.78, 5) is 29.8. The van der Waals surface area contributed by atoms with Crippen LogP contribution >= 0.6 is 11.6 Å². The van der Waals surface area contributed by atoms with Crippen LogP contribution in [0.2, 0.25) is 5.02 Å². The van der Waals surface area contributed by atoms with Gasteiger partial charge < -0.3 is 24.7 Å². The summed E-state index contributed by atoms with van der Waals surface area (Å²) < 4.78 is 7.46. The first-order valence-electron chi connectivity index (χ1n) is 10.5. The highest BCUT2D eigenvalue weighted by molar-refractivity contribution is 6.30. The number of aryl methyl sites for hydroxylation is 1. The largest absolute Gasteiger partial charge is 0.438 e. The van der Waals surface area contributed by atoms with Crippen LogP contribution in [0.25, 0.3) is 11.1 Å². The van der Waals surface area contributed by atoms with Gasteiger partial charge in [0.2, 0.25) is 11.1 Å². The lowest BCUT2D eigenvalue weighted by atomic mass is 10.2. The Labute approximate surface area is 194 Å². The van der Waals surface area contributed by atoms with Gasteiger partial charge in [0.25, 0.3) is 5.91 Å². The molecule has 0 saturated heterocycles. The molecule has 3 heterocycles. The molecule has 8 nitrogen and oxygen atoms in total. The van der Waals surface area contributed by atoms with Crippen LogP contribution < -0.4 is 16.1 Å². The lowest BCUT2D eigenvalue weighted by molar-refractivity contribution is -0.679. The van der Waals surface area contributed by atoms with E-state index < -0.39 is 12.0 Å². The van der Waals surface area contributed by atoms with Gasteiger partial charge in [-0.1, -0.05) is 29.8 Å². The van der Waals surface area contributed by atoms with Crippen LogP contribution in [-0.4, -0.2) is 27.1 Å². The van der Waals surface area contributed by atoms with Crippen molar-refractivity contribution in [2.75, 3.05) is 6.54 Å². The Morgan fingerprint density at radius 2 is 2.06 bits per heavy atom. The molecule has 1 aromatic carbocycles. The number of hydrogen-bond donors (Lipinski definition) is 3. The number of aliphatic hydroxyl groups excluding tert-OH is 1. The van der Waals surface area contributed by atoms with Gasteiger partial charge in [-0.15, -0.1) is 0 Å². The molecule has 9 heteroatoms. The maximum atomic E-state index is 12.9. The number of amides is 1. The molecule has 1 atom stereocenters. The molecule has 0 saturated carbocycles. The minimum atomic E-state index is -0.710. The molecule has 0 aliphatic rings. The maximum absolute atomic E-state index is 12.9. The smallest absolute Gasteiger partial charge is 0.257 e. The van der Waals surface area contributed by atoms with E-state index in [2.05, 4.69) is 10.3 Å². The molecule has 0 aliphatic heterocycles. The van der Waals surface area contributed by atoms with E-state index >= 15 is 0 Å². The summed E-state index contributed by atoms with van der Waals surface area (Å²) in [6.07, 6.45) is 2.40. The fourth-order valence-electron chi connectivity index (χ4n) is 3.53. The zero-order chi connectivity index (χ0) is 23.4. The molecular weight excluding hydrogens is 444 g/mol. The Kier molecular flexibility index (Phi) is 6.88. The number of aliphatic hydroxyl groups is 1. The number of fused-ring (bicyclic) bond motifs is 1. The highest BCUT2D eigenvalue weighted by Gasteiger charge is 2.19. The van der Waals surface area contributed by atoms with Gasteiger partial charge in [0.1, 0.15) is 24.8 Å². The molecule has 0 aliphatic carbocycles. The van der Waals surface area contributed by atoms with Crippen molar-refractivity contribution in [3.05, 3.63) is 98.8 Å². The first-order valence-corrected chi connectivity index (χ1v) is 10.9. The molecule has 4 N–H and O–H groups in total. The number of nitrogens with zero attached hydrogens (tertiary/aromatic N) is 2. The third-order valence-corrected chi connectivity index (χ3v) is 5.52. The Bertz CT molecular complexity index is 1320. The SMILES string of the molecule is Cn1cc(C(=O)NCc2ccc(Cl)cc2)c(=O)c2cc(C[NH2+]CC(O)c3ccccn3)oc21. The molecule has 33 heavy (non-hydrogen) atoms. The van der Waals surface area contributed by atoms with Gasteiger partial charge in [0.15, 0.2) is 5.76 Å². The van der Waals surface area contributed by atoms with Crippen LogP contribution in [0.1, 0.15) is 33.5 Å². The van der Waals surface area contributed by atoms with Gasteiger partial charge in [-0.2, -0.15) is 0 Å². The number of nitrogens with one attached hydrogen (secondary N) is 1. The van der Waals surface area contributed by atoms with Crippen molar-refractivity contribution >= 4 is 28.6 Å². The van der Waals surface area contributed by atoms with Gasteiger partial charge in [-0.25, -0.2) is 0 Å². The molecule has 3 aromatic heterocycles. The molecule has 4 rings (SSSR count). The lowest BCUT2D eigenvalue weighted by Gasteiger charge is -2.08. The van der Waals surface area contributed by atoms with Crippen LogP contribution in [0, 0.1) is 0 Å². The van der Waals surface area contributed by atoms with E-state index in [0.29, 0.717) is 40.7 Å². The van der Waals surface area contributed by atoms with Gasteiger partial charge in [-0.3, -0.25) is 14.6 Å². The Hall–Kier alpha value is -3.46. The Morgan fingerprint density at radius 1 is 1.27 bits per heavy atom. The summed E-state index contributed by atoms with van der Waals surface area (Å²) in [7, 11) is 1.72. The maximum Gasteiger partial charge on any atom is 0.257 e. The van der Waals surface area contributed by atoms with Crippen molar-refractivity contribution in [2.45, 2.75) is 19.2 Å². The van der Waals surface area contributed by atoms with E-state index in [4.69, 9.17) is 16.0 Å². The Balaban J connectivity index is 1.44. The summed E-state index contributed by atoms with van der Waals surface area (Å²) in [5, 5.41) is 15.8. The molecule has 0 fully saturated rings. The fourth-order valence-corrected chi connectivity index (χ4v) is 3.66. The average Bonchev–Trinajstić information content (AvgIpc) is 3.26. The highest BCUT2D eigenvalue weighted by atomic mass is 35.5. The summed E-state index contributed by atoms with van der Waals surface area (Å²) in [5.41, 5.74) is 1.52. The molecule has 0 bridgehead atoms. The number of carbonyl (C=O) groups is 1. The van der Waals surface area contributed by atoms with E-state index in [1.807, 2.05) is 23.5 Å². The number of carbonyl (C=O) groups excluding carboxylic acids is 1. The molecular formula is C24H24ClN4O4+. The third kappa shape index (κ3) is 5.31. The van der Waals surface area contributed by atoms with Crippen LogP contribution in [0.3, 0.4) is 0 Å². The summed E-state index contributed by atoms with van der Waals surface area (Å²) >= 11 is 5.88. The molecule has 4 aromatic rings. The van der Waals surface area contributed by atoms with Gasteiger partial charge in [0.05, 0.1) is 11.1 Å². The average molecular weight is 468 g/mol. The predicted octanol–water partition coefficient (Wildman–Crippen LogP) is 1.91. The number of pyridine rings is 2. The highest BCUT2D eigenvalue weighted by Crippen LogP contribution is 2.16. The number of aromatic nitrogens is 2. The van der Waals surface area contributed by atoms with Crippen LogP contribution in [0.5, 0.6) is 0 Å². The second-order valence-corrected chi connectivity index (χ2v) is 8.16. The van der Waals surface area contributed by atoms with Crippen LogP contribution in [0.4, 0.5) is 0 Å². The van der Waals surface area contributed by atoms with Gasteiger partial charge in [-0.05, 0) is 35.9 Å². The number of quaternary nitrogens is 1. The van der Waals surface area contributed by atoms with E-state index in [9.17, 15) is 14.7 Å². The van der Waals surface area contributed by atoms with Gasteiger partial charge in [0, 0.05) is 31.0 Å². The first kappa shape index (κ1) is 22.7. The van der Waals surface area contributed by atoms with Gasteiger partial charge >= 0.3 is 0 Å². The minimum Gasteiger partial charge on any atom is -0.438 e. The molecule has 0 spiro atoms. The van der Waals surface area contributed by atoms with E-state index in [1.165, 1.54) is 6.20 Å². The zero-order valence-corrected chi connectivity index (χ0v) is 18.7. The van der Waals surface area contributed by atoms with Crippen LogP contribution in [0.15, 0.2) is 70.1 Å². The molecule has 1 unspecified atom stereocenters. The number of benzene rings is 1. The zero-order valence-electron chi connectivity index (χ0n) is 18.0. The van der Waals surface area contributed by atoms with Crippen LogP contribution in [-0.2, 0) is 20.1 Å². The quantitative estimate of drug-likeness (QED) is 0.366. The summed E-state index contributed by atoms with van der Waals surface area (Å²) in [6, 6.07) is 14.1. The van der Waals surface area contributed by atoms with Crippen molar-refractivity contribution in [3.63, 3.8) is 0 Å². The number of nitrogens with two attached hydrogens (primary N) is 1. The predicted molar refractivity (Wildman–Crippen MR) is 124 cm³/mol. The van der Waals surface area contributed by atoms with E-state index in [-0.39, 0.29) is 17.5 Å².